The predicted molar refractivity (Wildman–Crippen MR) is 205 cm³/mol. The number of carbonyl (C=O) groups excluding carboxylic acids is 1. The van der Waals surface area contributed by atoms with E-state index in [1.165, 1.54) is 81.0 Å². The summed E-state index contributed by atoms with van der Waals surface area (Å²) >= 11 is 0. The zero-order valence-corrected chi connectivity index (χ0v) is 32.4. The van der Waals surface area contributed by atoms with Crippen molar-refractivity contribution in [3.63, 3.8) is 0 Å². The van der Waals surface area contributed by atoms with Gasteiger partial charge in [0.15, 0.2) is 5.78 Å². The molecule has 0 atom stereocenters. The molecular formula is C44H48IrN3O2-. The van der Waals surface area contributed by atoms with E-state index in [1.54, 1.807) is 6.33 Å². The summed E-state index contributed by atoms with van der Waals surface area (Å²) in [5, 5.41) is 17.1. The van der Waals surface area contributed by atoms with Crippen LogP contribution in [0.4, 0.5) is 0 Å². The van der Waals surface area contributed by atoms with Gasteiger partial charge in [0.05, 0.1) is 16.8 Å². The number of rotatable bonds is 9. The number of pyridine rings is 1. The van der Waals surface area contributed by atoms with Crippen LogP contribution in [0.25, 0.3) is 59.9 Å². The van der Waals surface area contributed by atoms with Gasteiger partial charge in [0.25, 0.3) is 0 Å². The number of aromatic nitrogens is 3. The van der Waals surface area contributed by atoms with Crippen LogP contribution < -0.4 is 0 Å². The van der Waals surface area contributed by atoms with Crippen LogP contribution in [-0.2, 0) is 31.3 Å². The fourth-order valence-corrected chi connectivity index (χ4v) is 8.55. The van der Waals surface area contributed by atoms with E-state index in [9.17, 15) is 9.90 Å². The van der Waals surface area contributed by atoms with Gasteiger partial charge in [-0.1, -0.05) is 113 Å². The number of aryl methyl sites for hydroxylation is 1. The molecule has 1 N–H and O–H groups in total. The Morgan fingerprint density at radius 2 is 1.56 bits per heavy atom. The molecule has 6 heteroatoms. The Bertz CT molecular complexity index is 2320. The molecule has 7 aromatic rings. The Kier molecular flexibility index (Phi) is 10.9. The van der Waals surface area contributed by atoms with Crippen LogP contribution in [0.1, 0.15) is 90.2 Å². The van der Waals surface area contributed by atoms with E-state index in [0.717, 1.165) is 59.8 Å². The summed E-state index contributed by atoms with van der Waals surface area (Å²) < 4.78 is 2.50. The van der Waals surface area contributed by atoms with E-state index in [0.29, 0.717) is 0 Å². The molecule has 0 amide bonds. The summed E-state index contributed by atoms with van der Waals surface area (Å²) in [6.07, 6.45) is 13.2. The molecule has 1 saturated carbocycles. The number of hydrogen-bond acceptors (Lipinski definition) is 4. The first-order valence-corrected chi connectivity index (χ1v) is 18.5. The Morgan fingerprint density at radius 1 is 0.900 bits per heavy atom. The number of aliphatic hydroxyl groups is 1. The standard InChI is InChI=1S/C31H24N3.C13H24O2.Ir/c1-18-22-11-5-4-10-20(22)15-24-29-28-25(32-17-33-29)16-21(14-19-8-2-3-9-19)27-23-12-6-7-13-26(23)34(30(18)24)31(27)28;1-5-10(6-2)12(14)9-13(15)11(7-3)8-4;/h4-7,10-13,16-17,19H,2-3,8-9,14H2,1H3;9-11,14H,5-8H2,1-4H3;/q-1;;/b;12-9-;. The summed E-state index contributed by atoms with van der Waals surface area (Å²) in [5.41, 5.74) is 8.56. The predicted octanol–water partition coefficient (Wildman–Crippen LogP) is 11.6. The largest absolute Gasteiger partial charge is 0.512 e. The normalized spacial score (nSPS) is 14.2. The molecule has 50 heavy (non-hydrogen) atoms. The van der Waals surface area contributed by atoms with Crippen molar-refractivity contribution in [1.82, 2.24) is 14.4 Å². The molecule has 0 aliphatic heterocycles. The Balaban J connectivity index is 0.000000233. The molecule has 8 rings (SSSR count). The third kappa shape index (κ3) is 6.20. The van der Waals surface area contributed by atoms with Crippen molar-refractivity contribution < 1.29 is 30.0 Å². The van der Waals surface area contributed by atoms with Gasteiger partial charge in [-0.05, 0) is 61.2 Å². The van der Waals surface area contributed by atoms with Crippen molar-refractivity contribution in [2.24, 2.45) is 17.8 Å². The second kappa shape index (κ2) is 15.2. The van der Waals surface area contributed by atoms with Gasteiger partial charge in [0.1, 0.15) is 6.33 Å². The number of hydrogen-bond donors (Lipinski definition) is 1. The SMILES string of the molecule is CCC(CC)C(=O)/C=C(\O)C(CC)CC.Cc1c2ccccc2[c-]c2c3ncnc4cc(CC5CCCC5)c5c6ccccc6n(c12)c5c43.[Ir]. The first kappa shape index (κ1) is 35.9. The molecule has 4 aromatic carbocycles. The average molecular weight is 843 g/mol. The molecule has 1 aliphatic carbocycles. The van der Waals surface area contributed by atoms with Gasteiger partial charge in [0, 0.05) is 65.2 Å². The number of para-hydroxylation sites is 1. The second-order valence-electron chi connectivity index (χ2n) is 14.1. The van der Waals surface area contributed by atoms with Gasteiger partial charge in [-0.3, -0.25) is 9.78 Å². The minimum absolute atomic E-state index is 0. The number of carbonyl (C=O) groups is 1. The van der Waals surface area contributed by atoms with Gasteiger partial charge >= 0.3 is 0 Å². The fraction of sp³-hybridized carbons (Fsp3) is 0.386. The van der Waals surface area contributed by atoms with Crippen molar-refractivity contribution in [1.29, 1.82) is 0 Å². The quantitative estimate of drug-likeness (QED) is 0.0517. The van der Waals surface area contributed by atoms with Crippen LogP contribution in [0.3, 0.4) is 0 Å². The van der Waals surface area contributed by atoms with Crippen molar-refractivity contribution in [2.45, 2.75) is 92.4 Å². The van der Waals surface area contributed by atoms with Crippen LogP contribution in [0.2, 0.25) is 0 Å². The number of allylic oxidation sites excluding steroid dienone is 2. The topological polar surface area (TPSA) is 67.5 Å². The van der Waals surface area contributed by atoms with Gasteiger partial charge < -0.3 is 9.51 Å². The third-order valence-corrected chi connectivity index (χ3v) is 11.3. The number of aliphatic hydroxyl groups excluding tert-OH is 1. The summed E-state index contributed by atoms with van der Waals surface area (Å²) in [6.45, 7) is 10.3. The van der Waals surface area contributed by atoms with Crippen molar-refractivity contribution in [3.05, 3.63) is 90.0 Å². The average Bonchev–Trinajstić information content (AvgIpc) is 3.76. The third-order valence-electron chi connectivity index (χ3n) is 11.3. The van der Waals surface area contributed by atoms with Crippen LogP contribution in [0, 0.1) is 30.7 Å². The maximum absolute atomic E-state index is 11.7. The summed E-state index contributed by atoms with van der Waals surface area (Å²) in [6, 6.07) is 23.6. The molecule has 0 unspecified atom stereocenters. The molecular weight excluding hydrogens is 795 g/mol. The van der Waals surface area contributed by atoms with Crippen LogP contribution in [0.15, 0.2) is 72.8 Å². The van der Waals surface area contributed by atoms with Gasteiger partial charge in [0.2, 0.25) is 0 Å². The number of nitrogens with zero attached hydrogens (tertiary/aromatic N) is 3. The van der Waals surface area contributed by atoms with E-state index in [1.807, 2.05) is 27.7 Å². The van der Waals surface area contributed by atoms with E-state index in [2.05, 4.69) is 72.0 Å². The van der Waals surface area contributed by atoms with Gasteiger partial charge in [-0.25, -0.2) is 4.98 Å². The molecule has 5 nitrogen and oxygen atoms in total. The Morgan fingerprint density at radius 3 is 2.26 bits per heavy atom. The number of benzene rings is 4. The molecule has 1 fully saturated rings. The Labute approximate surface area is 308 Å². The first-order valence-electron chi connectivity index (χ1n) is 18.5. The molecule has 0 saturated heterocycles. The van der Waals surface area contributed by atoms with Crippen molar-refractivity contribution in [3.8, 4) is 0 Å². The Hall–Kier alpha value is -3.86. The smallest absolute Gasteiger partial charge is 0.162 e. The van der Waals surface area contributed by atoms with Crippen molar-refractivity contribution in [2.75, 3.05) is 0 Å². The van der Waals surface area contributed by atoms with E-state index in [-0.39, 0.29) is 43.5 Å². The maximum atomic E-state index is 11.7. The van der Waals surface area contributed by atoms with E-state index in [4.69, 9.17) is 9.97 Å². The molecule has 0 spiro atoms. The molecule has 1 radical (unpaired) electrons. The van der Waals surface area contributed by atoms with E-state index < -0.39 is 0 Å². The fourth-order valence-electron chi connectivity index (χ4n) is 8.55. The first-order chi connectivity index (χ1) is 23.9. The van der Waals surface area contributed by atoms with E-state index >= 15 is 0 Å². The van der Waals surface area contributed by atoms with Crippen LogP contribution >= 0.6 is 0 Å². The second-order valence-corrected chi connectivity index (χ2v) is 14.1. The monoisotopic (exact) mass is 843 g/mol. The van der Waals surface area contributed by atoms with Crippen molar-refractivity contribution >= 4 is 65.7 Å². The summed E-state index contributed by atoms with van der Waals surface area (Å²) in [5.74, 6) is 1.32. The number of fused-ring (bicyclic) bond motifs is 7. The zero-order valence-electron chi connectivity index (χ0n) is 30.0. The van der Waals surface area contributed by atoms with Gasteiger partial charge in [-0.15, -0.1) is 17.5 Å². The molecule has 0 bridgehead atoms. The van der Waals surface area contributed by atoms with Crippen LogP contribution in [0.5, 0.6) is 0 Å². The minimum atomic E-state index is 0. The number of ketones is 1. The molecule has 261 valence electrons. The zero-order chi connectivity index (χ0) is 34.2. The maximum Gasteiger partial charge on any atom is 0.162 e. The minimum Gasteiger partial charge on any atom is -0.512 e. The van der Waals surface area contributed by atoms with Gasteiger partial charge in [-0.2, -0.15) is 0 Å². The summed E-state index contributed by atoms with van der Waals surface area (Å²) in [7, 11) is 0. The molecule has 3 heterocycles. The van der Waals surface area contributed by atoms with Crippen LogP contribution in [-0.4, -0.2) is 25.3 Å². The molecule has 3 aromatic heterocycles. The molecule has 1 aliphatic rings. The summed E-state index contributed by atoms with van der Waals surface area (Å²) in [4.78, 5) is 21.4.